The van der Waals surface area contributed by atoms with Crippen molar-refractivity contribution in [3.63, 3.8) is 0 Å². The summed E-state index contributed by atoms with van der Waals surface area (Å²) in [4.78, 5) is 12.5. The number of hydrogen-bond acceptors (Lipinski definition) is 4. The summed E-state index contributed by atoms with van der Waals surface area (Å²) >= 11 is 0. The van der Waals surface area contributed by atoms with Crippen LogP contribution in [-0.2, 0) is 0 Å². The summed E-state index contributed by atoms with van der Waals surface area (Å²) in [5.41, 5.74) is -0.219. The molecular weight excluding hydrogens is 536 g/mol. The predicted molar refractivity (Wildman–Crippen MR) is 192 cm³/mol. The van der Waals surface area contributed by atoms with Crippen LogP contribution in [0.1, 0.15) is 202 Å². The maximum Gasteiger partial charge on any atom is 0.105 e. The molecule has 0 aromatic rings. The Morgan fingerprint density at radius 1 is 0.273 bits per heavy atom. The highest BCUT2D eigenvalue weighted by molar-refractivity contribution is 5.25. The normalized spacial score (nSPS) is 32.3. The Kier molecular flexibility index (Phi) is 8.89. The van der Waals surface area contributed by atoms with E-state index in [4.69, 9.17) is 0 Å². The number of piperidine rings is 4. The Hall–Kier alpha value is -0.160. The standard InChI is InChI=1S/C40H78N4/c1-31(2)23-19-24-32(3,4)41(31)39(17,42-33(5,6)25-20-26-34(42,7)8)40(18,43-35(9,10)27-21-28-36(43,11)12)44-37(13,14)29-22-30-38(44,15)16/h19-30H2,1-18H3. The SMILES string of the molecule is CC1(C)CCCC(C)(C)N1C(C)(N1C(C)(C)CCCC1(C)C)C(C)(N1C(C)(C)CCCC1(C)C)N1C(C)(C)CCCC1(C)C. The van der Waals surface area contributed by atoms with E-state index in [2.05, 4.69) is 144 Å². The van der Waals surface area contributed by atoms with Crippen molar-refractivity contribution in [3.8, 4) is 0 Å². The second-order valence-corrected chi connectivity index (χ2v) is 21.3. The fourth-order valence-electron chi connectivity index (χ4n) is 13.7. The molecule has 258 valence electrons. The van der Waals surface area contributed by atoms with Gasteiger partial charge in [-0.25, -0.2) is 0 Å². The van der Waals surface area contributed by atoms with Crippen LogP contribution in [0.25, 0.3) is 0 Å². The fourth-order valence-corrected chi connectivity index (χ4v) is 13.7. The summed E-state index contributed by atoms with van der Waals surface area (Å²) < 4.78 is 0. The van der Waals surface area contributed by atoms with Crippen LogP contribution in [0.15, 0.2) is 0 Å². The molecule has 0 aromatic carbocycles. The van der Waals surface area contributed by atoms with Crippen molar-refractivity contribution >= 4 is 0 Å². The summed E-state index contributed by atoms with van der Waals surface area (Å²) in [6.07, 6.45) is 15.2. The molecule has 4 aliphatic heterocycles. The molecule has 0 unspecified atom stereocenters. The van der Waals surface area contributed by atoms with Gasteiger partial charge in [0.05, 0.1) is 0 Å². The van der Waals surface area contributed by atoms with Gasteiger partial charge in [-0.3, -0.25) is 19.6 Å². The molecule has 0 bridgehead atoms. The first-order chi connectivity index (χ1) is 19.5. The molecule has 0 aromatic heterocycles. The molecule has 4 rings (SSSR count). The lowest BCUT2D eigenvalue weighted by atomic mass is 9.64. The van der Waals surface area contributed by atoms with E-state index >= 15 is 0 Å². The third-order valence-corrected chi connectivity index (χ3v) is 13.8. The number of nitrogens with zero attached hydrogens (tertiary/aromatic N) is 4. The van der Waals surface area contributed by atoms with Gasteiger partial charge in [0, 0.05) is 44.3 Å². The zero-order chi connectivity index (χ0) is 33.8. The average Bonchev–Trinajstić information content (AvgIpc) is 2.73. The molecule has 0 atom stereocenters. The molecule has 0 aliphatic carbocycles. The molecule has 4 saturated heterocycles. The van der Waals surface area contributed by atoms with Crippen LogP contribution in [0.5, 0.6) is 0 Å². The lowest BCUT2D eigenvalue weighted by Crippen LogP contribution is -2.94. The van der Waals surface area contributed by atoms with E-state index in [1.54, 1.807) is 0 Å². The first-order valence-electron chi connectivity index (χ1n) is 18.8. The summed E-state index contributed by atoms with van der Waals surface area (Å²) in [6.45, 7) is 47.0. The van der Waals surface area contributed by atoms with Crippen molar-refractivity contribution in [1.29, 1.82) is 0 Å². The summed E-state index contributed by atoms with van der Waals surface area (Å²) in [5.74, 6) is 0. The Morgan fingerprint density at radius 2 is 0.386 bits per heavy atom. The highest BCUT2D eigenvalue weighted by Gasteiger charge is 2.73. The van der Waals surface area contributed by atoms with Crippen LogP contribution < -0.4 is 0 Å². The topological polar surface area (TPSA) is 13.0 Å². The van der Waals surface area contributed by atoms with E-state index in [1.165, 1.54) is 77.0 Å². The van der Waals surface area contributed by atoms with Crippen LogP contribution in [0.4, 0.5) is 0 Å². The van der Waals surface area contributed by atoms with Crippen molar-refractivity contribution < 1.29 is 0 Å². The third kappa shape index (κ3) is 5.48. The van der Waals surface area contributed by atoms with Crippen LogP contribution >= 0.6 is 0 Å². The van der Waals surface area contributed by atoms with E-state index in [1.807, 2.05) is 0 Å². The van der Waals surface area contributed by atoms with E-state index < -0.39 is 0 Å². The minimum absolute atomic E-state index is 0.0511. The van der Waals surface area contributed by atoms with Crippen molar-refractivity contribution in [2.45, 2.75) is 257 Å². The highest BCUT2D eigenvalue weighted by Crippen LogP contribution is 2.62. The van der Waals surface area contributed by atoms with Gasteiger partial charge in [-0.2, -0.15) is 0 Å². The smallest absolute Gasteiger partial charge is 0.105 e. The second-order valence-electron chi connectivity index (χ2n) is 21.3. The van der Waals surface area contributed by atoms with E-state index in [-0.39, 0.29) is 55.6 Å². The van der Waals surface area contributed by atoms with Gasteiger partial charge in [-0.15, -0.1) is 0 Å². The van der Waals surface area contributed by atoms with Gasteiger partial charge < -0.3 is 0 Å². The van der Waals surface area contributed by atoms with Gasteiger partial charge in [0.15, 0.2) is 0 Å². The van der Waals surface area contributed by atoms with Crippen molar-refractivity contribution in [1.82, 2.24) is 19.6 Å². The number of likely N-dealkylation sites (tertiary alicyclic amines) is 4. The minimum Gasteiger partial charge on any atom is -0.272 e. The molecular formula is C40H78N4. The molecule has 44 heavy (non-hydrogen) atoms. The molecule has 0 radical (unpaired) electrons. The van der Waals surface area contributed by atoms with Crippen LogP contribution in [0, 0.1) is 0 Å². The lowest BCUT2D eigenvalue weighted by molar-refractivity contribution is -0.353. The van der Waals surface area contributed by atoms with Crippen molar-refractivity contribution in [2.75, 3.05) is 0 Å². The van der Waals surface area contributed by atoms with Crippen LogP contribution in [0.3, 0.4) is 0 Å². The van der Waals surface area contributed by atoms with E-state index in [0.717, 1.165) is 0 Å². The Morgan fingerprint density at radius 3 is 0.500 bits per heavy atom. The maximum atomic E-state index is 3.13. The third-order valence-electron chi connectivity index (χ3n) is 13.8. The molecule has 0 N–H and O–H groups in total. The van der Waals surface area contributed by atoms with Crippen molar-refractivity contribution in [2.24, 2.45) is 0 Å². The predicted octanol–water partition coefficient (Wildman–Crippen LogP) is 10.6. The van der Waals surface area contributed by atoms with E-state index in [9.17, 15) is 0 Å². The molecule has 4 heterocycles. The highest BCUT2D eigenvalue weighted by atomic mass is 15.6. The van der Waals surface area contributed by atoms with Gasteiger partial charge in [0.1, 0.15) is 11.3 Å². The van der Waals surface area contributed by atoms with Crippen molar-refractivity contribution in [3.05, 3.63) is 0 Å². The lowest BCUT2D eigenvalue weighted by Gasteiger charge is -2.80. The van der Waals surface area contributed by atoms with Gasteiger partial charge in [0.25, 0.3) is 0 Å². The Bertz CT molecular complexity index is 833. The molecule has 4 heteroatoms. The maximum absolute atomic E-state index is 3.13. The van der Waals surface area contributed by atoms with Gasteiger partial charge in [0.2, 0.25) is 0 Å². The van der Waals surface area contributed by atoms with Crippen LogP contribution in [0.2, 0.25) is 0 Å². The molecule has 0 amide bonds. The van der Waals surface area contributed by atoms with E-state index in [0.29, 0.717) is 0 Å². The fraction of sp³-hybridized carbons (Fsp3) is 1.00. The first kappa shape index (κ1) is 36.7. The zero-order valence-electron chi connectivity index (χ0n) is 33.3. The second kappa shape index (κ2) is 10.7. The Labute approximate surface area is 276 Å². The molecule has 4 nitrogen and oxygen atoms in total. The average molecular weight is 615 g/mol. The van der Waals surface area contributed by atoms with Gasteiger partial charge >= 0.3 is 0 Å². The first-order valence-corrected chi connectivity index (χ1v) is 18.8. The minimum atomic E-state index is -0.314. The summed E-state index contributed by atoms with van der Waals surface area (Å²) in [6, 6.07) is 0. The molecule has 4 aliphatic rings. The Balaban J connectivity index is 2.28. The molecule has 4 fully saturated rings. The van der Waals surface area contributed by atoms with Gasteiger partial charge in [-0.1, -0.05) is 0 Å². The molecule has 0 spiro atoms. The van der Waals surface area contributed by atoms with Crippen LogP contribution in [-0.4, -0.2) is 75.2 Å². The zero-order valence-corrected chi connectivity index (χ0v) is 33.3. The quantitative estimate of drug-likeness (QED) is 0.305. The largest absolute Gasteiger partial charge is 0.272 e. The summed E-state index contributed by atoms with van der Waals surface area (Å²) in [7, 11) is 0. The number of rotatable bonds is 5. The monoisotopic (exact) mass is 615 g/mol. The van der Waals surface area contributed by atoms with Gasteiger partial charge in [-0.05, 0) is 202 Å². The number of hydrogen-bond donors (Lipinski definition) is 0. The molecule has 0 saturated carbocycles. The summed E-state index contributed by atoms with van der Waals surface area (Å²) in [5, 5.41) is 0.